The summed E-state index contributed by atoms with van der Waals surface area (Å²) in [6.07, 6.45) is 5.07. The van der Waals surface area contributed by atoms with Crippen molar-refractivity contribution >= 4 is 16.7 Å². The molecular weight excluding hydrogens is 345 g/mol. The number of anilines is 1. The molecule has 140 valence electrons. The Balaban J connectivity index is 1.49. The highest BCUT2D eigenvalue weighted by Crippen LogP contribution is 2.28. The van der Waals surface area contributed by atoms with Gasteiger partial charge in [-0.15, -0.1) is 0 Å². The summed E-state index contributed by atoms with van der Waals surface area (Å²) in [5, 5.41) is 0.741. The van der Waals surface area contributed by atoms with E-state index in [1.54, 1.807) is 17.0 Å². The fraction of sp³-hybridized carbons (Fsp3) is 0.400. The van der Waals surface area contributed by atoms with Crippen LogP contribution in [-0.4, -0.2) is 32.6 Å². The Morgan fingerprint density at radius 3 is 2.70 bits per heavy atom. The summed E-state index contributed by atoms with van der Waals surface area (Å²) in [5.41, 5.74) is 2.29. The lowest BCUT2D eigenvalue weighted by Crippen LogP contribution is -2.37. The predicted molar refractivity (Wildman–Crippen MR) is 102 cm³/mol. The minimum atomic E-state index is -0.282. The van der Waals surface area contributed by atoms with Gasteiger partial charge in [-0.3, -0.25) is 9.36 Å². The first-order valence-electron chi connectivity index (χ1n) is 9.21. The van der Waals surface area contributed by atoms with Crippen LogP contribution < -0.4 is 10.5 Å². The summed E-state index contributed by atoms with van der Waals surface area (Å²) in [6, 6.07) is 4.60. The molecule has 27 heavy (non-hydrogen) atoms. The zero-order chi connectivity index (χ0) is 19.0. The smallest absolute Gasteiger partial charge is 0.256 e. The lowest BCUT2D eigenvalue weighted by atomic mass is 9.96. The number of aryl methyl sites for hydroxylation is 1. The molecule has 0 spiro atoms. The summed E-state index contributed by atoms with van der Waals surface area (Å²) < 4.78 is 15.4. The molecule has 2 aromatic heterocycles. The molecule has 1 aliphatic heterocycles. The van der Waals surface area contributed by atoms with Crippen LogP contribution in [0.15, 0.2) is 35.6 Å². The second-order valence-corrected chi connectivity index (χ2v) is 7.20. The molecule has 0 bridgehead atoms. The molecule has 0 aliphatic carbocycles. The van der Waals surface area contributed by atoms with Crippen molar-refractivity contribution in [3.8, 4) is 0 Å². The van der Waals surface area contributed by atoms with E-state index < -0.39 is 0 Å². The van der Waals surface area contributed by atoms with Crippen LogP contribution in [-0.2, 0) is 6.54 Å². The van der Waals surface area contributed by atoms with E-state index in [-0.39, 0.29) is 11.4 Å². The first kappa shape index (κ1) is 17.6. The Kier molecular flexibility index (Phi) is 4.59. The molecule has 6 nitrogen and oxygen atoms in total. The number of aromatic nitrogens is 4. The van der Waals surface area contributed by atoms with Crippen LogP contribution in [0.3, 0.4) is 0 Å². The average molecular weight is 367 g/mol. The SMILES string of the molecule is Cc1ncn(CC2CCN(c3ncnc4ccc(F)cc34)CC2)c(=O)c1C. The molecule has 0 unspecified atom stereocenters. The number of hydrogen-bond acceptors (Lipinski definition) is 5. The molecule has 4 rings (SSSR count). The summed E-state index contributed by atoms with van der Waals surface area (Å²) >= 11 is 0. The van der Waals surface area contributed by atoms with E-state index in [0.717, 1.165) is 48.3 Å². The Morgan fingerprint density at radius 1 is 1.15 bits per heavy atom. The number of benzene rings is 1. The third-order valence-corrected chi connectivity index (χ3v) is 5.46. The van der Waals surface area contributed by atoms with Gasteiger partial charge in [-0.1, -0.05) is 0 Å². The van der Waals surface area contributed by atoms with Crippen molar-refractivity contribution in [1.29, 1.82) is 0 Å². The maximum atomic E-state index is 13.7. The van der Waals surface area contributed by atoms with Crippen molar-refractivity contribution in [2.45, 2.75) is 33.2 Å². The molecule has 3 aromatic rings. The van der Waals surface area contributed by atoms with Gasteiger partial charge in [-0.25, -0.2) is 19.3 Å². The van der Waals surface area contributed by atoms with Crippen molar-refractivity contribution in [3.63, 3.8) is 0 Å². The van der Waals surface area contributed by atoms with Crippen LogP contribution in [0.25, 0.3) is 10.9 Å². The largest absolute Gasteiger partial charge is 0.356 e. The highest BCUT2D eigenvalue weighted by molar-refractivity contribution is 5.89. The van der Waals surface area contributed by atoms with Gasteiger partial charge in [0.15, 0.2) is 0 Å². The van der Waals surface area contributed by atoms with Gasteiger partial charge in [0.05, 0.1) is 11.8 Å². The zero-order valence-electron chi connectivity index (χ0n) is 15.5. The third-order valence-electron chi connectivity index (χ3n) is 5.46. The Labute approximate surface area is 156 Å². The van der Waals surface area contributed by atoms with Gasteiger partial charge < -0.3 is 4.90 Å². The molecule has 3 heterocycles. The van der Waals surface area contributed by atoms with Gasteiger partial charge in [-0.05, 0) is 50.8 Å². The molecule has 1 aliphatic rings. The Morgan fingerprint density at radius 2 is 1.93 bits per heavy atom. The molecule has 1 saturated heterocycles. The van der Waals surface area contributed by atoms with E-state index in [1.807, 2.05) is 13.8 Å². The van der Waals surface area contributed by atoms with Crippen molar-refractivity contribution < 1.29 is 4.39 Å². The molecule has 1 aromatic carbocycles. The lowest BCUT2D eigenvalue weighted by molar-refractivity contribution is 0.350. The predicted octanol–water partition coefficient (Wildman–Crippen LogP) is 2.86. The summed E-state index contributed by atoms with van der Waals surface area (Å²) in [5.74, 6) is 0.908. The zero-order valence-corrected chi connectivity index (χ0v) is 15.5. The van der Waals surface area contributed by atoms with Gasteiger partial charge in [0.1, 0.15) is 18.0 Å². The van der Waals surface area contributed by atoms with E-state index in [9.17, 15) is 9.18 Å². The minimum absolute atomic E-state index is 0.0437. The van der Waals surface area contributed by atoms with Gasteiger partial charge in [0, 0.05) is 36.3 Å². The fourth-order valence-corrected chi connectivity index (χ4v) is 3.68. The second kappa shape index (κ2) is 7.06. The Hall–Kier alpha value is -2.83. The van der Waals surface area contributed by atoms with Gasteiger partial charge in [0.25, 0.3) is 5.56 Å². The van der Waals surface area contributed by atoms with Crippen LogP contribution in [0.5, 0.6) is 0 Å². The highest BCUT2D eigenvalue weighted by atomic mass is 19.1. The van der Waals surface area contributed by atoms with Crippen LogP contribution in [0, 0.1) is 25.6 Å². The molecule has 0 atom stereocenters. The van der Waals surface area contributed by atoms with Crippen molar-refractivity contribution in [2.75, 3.05) is 18.0 Å². The first-order chi connectivity index (χ1) is 13.0. The lowest BCUT2D eigenvalue weighted by Gasteiger charge is -2.33. The number of fused-ring (bicyclic) bond motifs is 1. The molecule has 7 heteroatoms. The van der Waals surface area contributed by atoms with Crippen LogP contribution >= 0.6 is 0 Å². The highest BCUT2D eigenvalue weighted by Gasteiger charge is 2.22. The van der Waals surface area contributed by atoms with Crippen LogP contribution in [0.1, 0.15) is 24.1 Å². The molecule has 0 N–H and O–H groups in total. The van der Waals surface area contributed by atoms with Crippen molar-refractivity contribution in [2.24, 2.45) is 5.92 Å². The average Bonchev–Trinajstić information content (AvgIpc) is 2.68. The van der Waals surface area contributed by atoms with Crippen LogP contribution in [0.2, 0.25) is 0 Å². The second-order valence-electron chi connectivity index (χ2n) is 7.20. The normalized spacial score (nSPS) is 15.4. The number of halogens is 1. The molecular formula is C20H22FN5O. The van der Waals surface area contributed by atoms with Gasteiger partial charge in [0.2, 0.25) is 0 Å². The van der Waals surface area contributed by atoms with E-state index in [2.05, 4.69) is 19.9 Å². The molecule has 1 fully saturated rings. The number of rotatable bonds is 3. The summed E-state index contributed by atoms with van der Waals surface area (Å²) in [6.45, 7) is 6.00. The van der Waals surface area contributed by atoms with E-state index in [0.29, 0.717) is 18.0 Å². The standard InChI is InChI=1S/C20H22FN5O/c1-13-14(2)24-12-26(20(13)27)10-15-5-7-25(8-6-15)19-17-9-16(21)3-4-18(17)22-11-23-19/h3-4,9,11-12,15H,5-8,10H2,1-2H3. The van der Waals surface area contributed by atoms with Gasteiger partial charge in [-0.2, -0.15) is 0 Å². The van der Waals surface area contributed by atoms with Crippen molar-refractivity contribution in [3.05, 3.63) is 58.3 Å². The summed E-state index contributed by atoms with van der Waals surface area (Å²) in [4.78, 5) is 27.5. The molecule has 0 amide bonds. The molecule has 0 saturated carbocycles. The van der Waals surface area contributed by atoms with E-state index in [4.69, 9.17) is 0 Å². The topological polar surface area (TPSA) is 63.9 Å². The maximum absolute atomic E-state index is 13.7. The van der Waals surface area contributed by atoms with E-state index in [1.165, 1.54) is 18.5 Å². The quantitative estimate of drug-likeness (QED) is 0.712. The van der Waals surface area contributed by atoms with Gasteiger partial charge >= 0.3 is 0 Å². The Bertz CT molecular complexity index is 1040. The number of nitrogens with zero attached hydrogens (tertiary/aromatic N) is 5. The van der Waals surface area contributed by atoms with Crippen LogP contribution in [0.4, 0.5) is 10.2 Å². The fourth-order valence-electron chi connectivity index (χ4n) is 3.68. The minimum Gasteiger partial charge on any atom is -0.356 e. The monoisotopic (exact) mass is 367 g/mol. The number of hydrogen-bond donors (Lipinski definition) is 0. The maximum Gasteiger partial charge on any atom is 0.256 e. The summed E-state index contributed by atoms with van der Waals surface area (Å²) in [7, 11) is 0. The first-order valence-corrected chi connectivity index (χ1v) is 9.21. The molecule has 0 radical (unpaired) electrons. The third kappa shape index (κ3) is 3.41. The van der Waals surface area contributed by atoms with E-state index >= 15 is 0 Å². The van der Waals surface area contributed by atoms with Crippen molar-refractivity contribution in [1.82, 2.24) is 19.5 Å². The number of piperidine rings is 1.